The van der Waals surface area contributed by atoms with Gasteiger partial charge in [-0.3, -0.25) is 4.79 Å². The summed E-state index contributed by atoms with van der Waals surface area (Å²) in [5, 5.41) is 6.50. The molecular formula is C16H18N2O2. The number of benzene rings is 1. The lowest BCUT2D eigenvalue weighted by Crippen LogP contribution is -2.49. The van der Waals surface area contributed by atoms with Gasteiger partial charge in [0.25, 0.3) is 0 Å². The molecule has 1 aromatic heterocycles. The molecule has 0 aliphatic carbocycles. The van der Waals surface area contributed by atoms with Gasteiger partial charge in [0.15, 0.2) is 0 Å². The highest BCUT2D eigenvalue weighted by Gasteiger charge is 2.41. The standard InChI is InChI=1S/C16H18N2O2/c1-11-5-6-14-13(10-11)16(7-8-17-14,18-12(2)19)15-4-3-9-20-15/h3-6,9-10,17H,7-8H2,1-2H3,(H,18,19). The van der Waals surface area contributed by atoms with Gasteiger partial charge in [0.1, 0.15) is 11.3 Å². The lowest BCUT2D eigenvalue weighted by molar-refractivity contribution is -0.120. The largest absolute Gasteiger partial charge is 0.466 e. The number of hydrogen-bond donors (Lipinski definition) is 2. The molecule has 1 atom stereocenters. The zero-order valence-corrected chi connectivity index (χ0v) is 11.7. The predicted molar refractivity (Wildman–Crippen MR) is 77.6 cm³/mol. The Labute approximate surface area is 118 Å². The molecule has 0 radical (unpaired) electrons. The van der Waals surface area contributed by atoms with Crippen LogP contribution in [0.4, 0.5) is 5.69 Å². The van der Waals surface area contributed by atoms with Gasteiger partial charge in [0.2, 0.25) is 5.91 Å². The first kappa shape index (κ1) is 12.8. The van der Waals surface area contributed by atoms with Crippen molar-refractivity contribution < 1.29 is 9.21 Å². The van der Waals surface area contributed by atoms with Gasteiger partial charge in [-0.2, -0.15) is 0 Å². The summed E-state index contributed by atoms with van der Waals surface area (Å²) in [6, 6.07) is 10.0. The summed E-state index contributed by atoms with van der Waals surface area (Å²) in [6.45, 7) is 4.38. The normalized spacial score (nSPS) is 20.9. The predicted octanol–water partition coefficient (Wildman–Crippen LogP) is 2.78. The van der Waals surface area contributed by atoms with Crippen LogP contribution in [0.25, 0.3) is 0 Å². The van der Waals surface area contributed by atoms with Crippen molar-refractivity contribution >= 4 is 11.6 Å². The van der Waals surface area contributed by atoms with E-state index in [1.807, 2.05) is 12.1 Å². The molecule has 2 N–H and O–H groups in total. The fourth-order valence-corrected chi connectivity index (χ4v) is 2.95. The van der Waals surface area contributed by atoms with Crippen molar-refractivity contribution in [3.05, 3.63) is 53.5 Å². The summed E-state index contributed by atoms with van der Waals surface area (Å²) in [5.74, 6) is 0.719. The first-order valence-electron chi connectivity index (χ1n) is 6.79. The molecule has 0 bridgehead atoms. The lowest BCUT2D eigenvalue weighted by Gasteiger charge is -2.38. The number of rotatable bonds is 2. The molecule has 1 aromatic carbocycles. The van der Waals surface area contributed by atoms with E-state index in [0.717, 1.165) is 35.5 Å². The molecule has 104 valence electrons. The van der Waals surface area contributed by atoms with E-state index >= 15 is 0 Å². The number of amides is 1. The van der Waals surface area contributed by atoms with Crippen LogP contribution < -0.4 is 10.6 Å². The van der Waals surface area contributed by atoms with Crippen molar-refractivity contribution in [1.82, 2.24) is 5.32 Å². The van der Waals surface area contributed by atoms with Crippen LogP contribution >= 0.6 is 0 Å². The van der Waals surface area contributed by atoms with E-state index in [9.17, 15) is 4.79 Å². The van der Waals surface area contributed by atoms with Crippen LogP contribution in [0, 0.1) is 6.92 Å². The number of furan rings is 1. The number of carbonyl (C=O) groups excluding carboxylic acids is 1. The Morgan fingerprint density at radius 2 is 2.25 bits per heavy atom. The number of anilines is 1. The van der Waals surface area contributed by atoms with Crippen molar-refractivity contribution in [3.8, 4) is 0 Å². The number of carbonyl (C=O) groups is 1. The fourth-order valence-electron chi connectivity index (χ4n) is 2.95. The quantitative estimate of drug-likeness (QED) is 0.882. The first-order chi connectivity index (χ1) is 9.62. The van der Waals surface area contributed by atoms with E-state index in [0.29, 0.717) is 0 Å². The van der Waals surface area contributed by atoms with Gasteiger partial charge >= 0.3 is 0 Å². The Morgan fingerprint density at radius 3 is 2.95 bits per heavy atom. The molecule has 1 unspecified atom stereocenters. The molecule has 0 fully saturated rings. The molecule has 1 amide bonds. The summed E-state index contributed by atoms with van der Waals surface area (Å²) in [6.07, 6.45) is 2.41. The van der Waals surface area contributed by atoms with Crippen molar-refractivity contribution in [2.75, 3.05) is 11.9 Å². The van der Waals surface area contributed by atoms with Crippen LogP contribution in [0.1, 0.15) is 30.2 Å². The average molecular weight is 270 g/mol. The zero-order valence-electron chi connectivity index (χ0n) is 11.7. The summed E-state index contributed by atoms with van der Waals surface area (Å²) in [5.41, 5.74) is 2.69. The van der Waals surface area contributed by atoms with Gasteiger partial charge < -0.3 is 15.1 Å². The van der Waals surface area contributed by atoms with E-state index in [-0.39, 0.29) is 5.91 Å². The minimum Gasteiger partial charge on any atom is -0.466 e. The Balaban J connectivity index is 2.21. The lowest BCUT2D eigenvalue weighted by atomic mass is 9.80. The third-order valence-electron chi connectivity index (χ3n) is 3.78. The molecule has 3 rings (SSSR count). The molecule has 20 heavy (non-hydrogen) atoms. The van der Waals surface area contributed by atoms with Crippen molar-refractivity contribution in [2.24, 2.45) is 0 Å². The third kappa shape index (κ3) is 1.97. The molecule has 0 saturated carbocycles. The Morgan fingerprint density at radius 1 is 1.40 bits per heavy atom. The monoisotopic (exact) mass is 270 g/mol. The second-order valence-electron chi connectivity index (χ2n) is 5.29. The second-order valence-corrected chi connectivity index (χ2v) is 5.29. The minimum absolute atomic E-state index is 0.0595. The molecule has 4 heteroatoms. The van der Waals surface area contributed by atoms with Gasteiger partial charge in [-0.15, -0.1) is 0 Å². The summed E-state index contributed by atoms with van der Waals surface area (Å²) in [7, 11) is 0. The number of nitrogens with one attached hydrogen (secondary N) is 2. The molecule has 2 heterocycles. The van der Waals surface area contributed by atoms with Crippen LogP contribution in [-0.4, -0.2) is 12.5 Å². The average Bonchev–Trinajstić information content (AvgIpc) is 2.93. The zero-order chi connectivity index (χ0) is 14.2. The van der Waals surface area contributed by atoms with Crippen LogP contribution in [0.5, 0.6) is 0 Å². The maximum atomic E-state index is 11.7. The van der Waals surface area contributed by atoms with E-state index in [2.05, 4.69) is 35.8 Å². The highest BCUT2D eigenvalue weighted by atomic mass is 16.3. The number of fused-ring (bicyclic) bond motifs is 1. The van der Waals surface area contributed by atoms with Crippen LogP contribution in [0.3, 0.4) is 0 Å². The van der Waals surface area contributed by atoms with Gasteiger partial charge in [-0.25, -0.2) is 0 Å². The first-order valence-corrected chi connectivity index (χ1v) is 6.79. The van der Waals surface area contributed by atoms with Crippen LogP contribution in [0.15, 0.2) is 41.0 Å². The Kier molecular flexibility index (Phi) is 3.01. The Bertz CT molecular complexity index is 634. The molecular weight excluding hydrogens is 252 g/mol. The summed E-state index contributed by atoms with van der Waals surface area (Å²) >= 11 is 0. The van der Waals surface area contributed by atoms with E-state index in [4.69, 9.17) is 4.42 Å². The minimum atomic E-state index is -0.581. The fraction of sp³-hybridized carbons (Fsp3) is 0.312. The van der Waals surface area contributed by atoms with Gasteiger partial charge in [-0.05, 0) is 31.5 Å². The summed E-state index contributed by atoms with van der Waals surface area (Å²) in [4.78, 5) is 11.7. The smallest absolute Gasteiger partial charge is 0.217 e. The van der Waals surface area contributed by atoms with Gasteiger partial charge in [0, 0.05) is 24.7 Å². The van der Waals surface area contributed by atoms with Crippen molar-refractivity contribution in [3.63, 3.8) is 0 Å². The van der Waals surface area contributed by atoms with E-state index in [1.165, 1.54) is 0 Å². The molecule has 1 aliphatic heterocycles. The van der Waals surface area contributed by atoms with Crippen molar-refractivity contribution in [1.29, 1.82) is 0 Å². The number of aryl methyl sites for hydroxylation is 1. The maximum absolute atomic E-state index is 11.7. The van der Waals surface area contributed by atoms with E-state index < -0.39 is 5.54 Å². The molecule has 2 aromatic rings. The highest BCUT2D eigenvalue weighted by Crippen LogP contribution is 2.41. The molecule has 0 spiro atoms. The third-order valence-corrected chi connectivity index (χ3v) is 3.78. The topological polar surface area (TPSA) is 54.3 Å². The SMILES string of the molecule is CC(=O)NC1(c2ccco2)CCNc2ccc(C)cc21. The second kappa shape index (κ2) is 4.71. The van der Waals surface area contributed by atoms with Gasteiger partial charge in [-0.1, -0.05) is 17.7 Å². The number of hydrogen-bond acceptors (Lipinski definition) is 3. The van der Waals surface area contributed by atoms with Gasteiger partial charge in [0.05, 0.1) is 6.26 Å². The highest BCUT2D eigenvalue weighted by molar-refractivity contribution is 5.76. The maximum Gasteiger partial charge on any atom is 0.217 e. The molecule has 0 saturated heterocycles. The molecule has 4 nitrogen and oxygen atoms in total. The molecule has 1 aliphatic rings. The Hall–Kier alpha value is -2.23. The van der Waals surface area contributed by atoms with Crippen molar-refractivity contribution in [2.45, 2.75) is 25.8 Å². The van der Waals surface area contributed by atoms with Crippen LogP contribution in [-0.2, 0) is 10.3 Å². The van der Waals surface area contributed by atoms with E-state index in [1.54, 1.807) is 13.2 Å². The summed E-state index contributed by atoms with van der Waals surface area (Å²) < 4.78 is 5.63. The van der Waals surface area contributed by atoms with Crippen LogP contribution in [0.2, 0.25) is 0 Å².